The molecule has 8 nitrogen and oxygen atoms in total. The van der Waals surface area contributed by atoms with Crippen LogP contribution in [-0.4, -0.2) is 37.2 Å². The van der Waals surface area contributed by atoms with E-state index in [0.717, 1.165) is 25.3 Å². The minimum Gasteiger partial charge on any atom is -0.368 e. The Morgan fingerprint density at radius 3 is 2.61 bits per heavy atom. The number of nitrogens with zero attached hydrogens (tertiary/aromatic N) is 3. The van der Waals surface area contributed by atoms with Crippen LogP contribution in [0.3, 0.4) is 0 Å². The van der Waals surface area contributed by atoms with E-state index in [4.69, 9.17) is 5.73 Å². The monoisotopic (exact) mass is 466 g/mol. The first-order valence-corrected chi connectivity index (χ1v) is 13.4. The van der Waals surface area contributed by atoms with Crippen LogP contribution in [0.1, 0.15) is 43.2 Å². The van der Waals surface area contributed by atoms with Gasteiger partial charge in [-0.3, -0.25) is 0 Å². The smallest absolute Gasteiger partial charge is 0.224 e. The number of rotatable bonds is 7. The normalized spacial score (nSPS) is 30.1. The predicted molar refractivity (Wildman–Crippen MR) is 126 cm³/mol. The summed E-state index contributed by atoms with van der Waals surface area (Å²) < 4.78 is 24.1. The molecule has 0 amide bonds. The molecule has 1 aromatic heterocycles. The number of sulfone groups is 1. The third-order valence-corrected chi connectivity index (χ3v) is 9.02. The summed E-state index contributed by atoms with van der Waals surface area (Å²) >= 11 is 0. The average molecular weight is 467 g/mol. The van der Waals surface area contributed by atoms with Crippen LogP contribution in [0.15, 0.2) is 35.4 Å². The number of nitrogens with one attached hydrogen (secondary N) is 2. The Kier molecular flexibility index (Phi) is 5.53. The highest BCUT2D eigenvalue weighted by Gasteiger charge is 2.54. The fraction of sp³-hybridized carbons (Fsp3) is 0.542. The van der Waals surface area contributed by atoms with Gasteiger partial charge >= 0.3 is 0 Å². The van der Waals surface area contributed by atoms with E-state index in [1.165, 1.54) is 31.7 Å². The first kappa shape index (κ1) is 22.1. The van der Waals surface area contributed by atoms with Crippen molar-refractivity contribution in [3.05, 3.63) is 41.6 Å². The lowest BCUT2D eigenvalue weighted by Gasteiger charge is -2.59. The topological polar surface area (TPSA) is 134 Å². The second-order valence-corrected chi connectivity index (χ2v) is 12.2. The Labute approximate surface area is 194 Å². The van der Waals surface area contributed by atoms with Gasteiger partial charge in [-0.15, -0.1) is 0 Å². The second-order valence-electron chi connectivity index (χ2n) is 10.2. The van der Waals surface area contributed by atoms with Crippen LogP contribution >= 0.6 is 0 Å². The van der Waals surface area contributed by atoms with E-state index < -0.39 is 9.84 Å². The Morgan fingerprint density at radius 1 is 1.18 bits per heavy atom. The van der Waals surface area contributed by atoms with E-state index in [-0.39, 0.29) is 16.9 Å². The largest absolute Gasteiger partial charge is 0.368 e. The molecular formula is C24H30N6O2S. The van der Waals surface area contributed by atoms with Gasteiger partial charge in [0.1, 0.15) is 17.5 Å². The molecule has 4 bridgehead atoms. The molecule has 5 atom stereocenters. The standard InChI is InChI=1S/C24H30N6O2S/c1-33(31,32)20-5-3-2-4-16(20)12-27-23-28-13-19(11-25)22(30-23)29-14-24-8-15-6-17(9-24)21(26)18(7-15)10-24/h2-5,13,15,17-18,21H,6-10,12,14,26H2,1H3,(H2,27,28,29,30)/t15?,17-,18+,21-,24-. The zero-order valence-electron chi connectivity index (χ0n) is 18.8. The van der Waals surface area contributed by atoms with Crippen molar-refractivity contribution in [2.45, 2.75) is 49.6 Å². The highest BCUT2D eigenvalue weighted by molar-refractivity contribution is 7.90. The van der Waals surface area contributed by atoms with E-state index in [1.54, 1.807) is 24.3 Å². The van der Waals surface area contributed by atoms with Crippen molar-refractivity contribution >= 4 is 21.6 Å². The molecule has 4 aliphatic rings. The van der Waals surface area contributed by atoms with Gasteiger partial charge in [0.05, 0.1) is 11.1 Å². The number of anilines is 2. The van der Waals surface area contributed by atoms with E-state index in [0.29, 0.717) is 40.8 Å². The molecule has 4 aliphatic carbocycles. The summed E-state index contributed by atoms with van der Waals surface area (Å²) in [5.74, 6) is 2.88. The molecule has 0 saturated heterocycles. The van der Waals surface area contributed by atoms with Crippen LogP contribution < -0.4 is 16.4 Å². The van der Waals surface area contributed by atoms with Crippen LogP contribution in [0.25, 0.3) is 0 Å². The van der Waals surface area contributed by atoms with Crippen molar-refractivity contribution in [2.24, 2.45) is 28.9 Å². The van der Waals surface area contributed by atoms with E-state index in [2.05, 4.69) is 26.7 Å². The SMILES string of the molecule is CS(=O)(=O)c1ccccc1CNc1ncc(C#N)c(NC[C@]23CC4C[C@H](C2)[C@@H](N)[C@@H](C4)C3)n1. The molecule has 9 heteroatoms. The molecule has 1 unspecified atom stereocenters. The van der Waals surface area contributed by atoms with Gasteiger partial charge < -0.3 is 16.4 Å². The third-order valence-electron chi connectivity index (χ3n) is 7.82. The maximum atomic E-state index is 12.1. The number of nitriles is 1. The lowest BCUT2D eigenvalue weighted by molar-refractivity contribution is -0.0591. The van der Waals surface area contributed by atoms with Gasteiger partial charge in [-0.2, -0.15) is 10.2 Å². The maximum Gasteiger partial charge on any atom is 0.224 e. The number of aromatic nitrogens is 2. The molecule has 6 rings (SSSR count). The fourth-order valence-corrected chi connectivity index (χ4v) is 7.53. The molecule has 174 valence electrons. The summed E-state index contributed by atoms with van der Waals surface area (Å²) in [7, 11) is -3.34. The number of hydrogen-bond donors (Lipinski definition) is 3. The molecule has 0 aliphatic heterocycles. The van der Waals surface area contributed by atoms with Crippen molar-refractivity contribution in [3.63, 3.8) is 0 Å². The molecule has 2 aromatic rings. The van der Waals surface area contributed by atoms with Crippen LogP contribution in [0.5, 0.6) is 0 Å². The molecule has 0 spiro atoms. The van der Waals surface area contributed by atoms with Gasteiger partial charge in [0.25, 0.3) is 0 Å². The van der Waals surface area contributed by atoms with Gasteiger partial charge in [0.2, 0.25) is 5.95 Å². The summed E-state index contributed by atoms with van der Waals surface area (Å²) in [4.78, 5) is 9.09. The molecule has 4 N–H and O–H groups in total. The summed E-state index contributed by atoms with van der Waals surface area (Å²) in [6.45, 7) is 1.05. The third kappa shape index (κ3) is 4.30. The highest BCUT2D eigenvalue weighted by Crippen LogP contribution is 2.59. The molecule has 1 heterocycles. The van der Waals surface area contributed by atoms with Crippen LogP contribution in [0.4, 0.5) is 11.8 Å². The Bertz CT molecular complexity index is 1190. The lowest BCUT2D eigenvalue weighted by Crippen LogP contribution is -2.58. The van der Waals surface area contributed by atoms with Crippen molar-refractivity contribution in [1.29, 1.82) is 5.26 Å². The molecular weight excluding hydrogens is 436 g/mol. The first-order chi connectivity index (χ1) is 15.8. The first-order valence-electron chi connectivity index (χ1n) is 11.5. The summed E-state index contributed by atoms with van der Waals surface area (Å²) in [6, 6.07) is 9.39. The minimum absolute atomic E-state index is 0.228. The zero-order chi connectivity index (χ0) is 23.2. The van der Waals surface area contributed by atoms with Crippen LogP contribution in [0, 0.1) is 34.5 Å². The van der Waals surface area contributed by atoms with Crippen molar-refractivity contribution in [3.8, 4) is 6.07 Å². The Hall–Kier alpha value is -2.70. The molecule has 33 heavy (non-hydrogen) atoms. The summed E-state index contributed by atoms with van der Waals surface area (Å²) in [5, 5.41) is 16.1. The predicted octanol–water partition coefficient (Wildman–Crippen LogP) is 2.93. The van der Waals surface area contributed by atoms with Crippen LogP contribution in [0.2, 0.25) is 0 Å². The van der Waals surface area contributed by atoms with E-state index in [9.17, 15) is 13.7 Å². The second kappa shape index (κ2) is 8.26. The van der Waals surface area contributed by atoms with Gasteiger partial charge in [-0.25, -0.2) is 13.4 Å². The van der Waals surface area contributed by atoms with Gasteiger partial charge in [-0.05, 0) is 66.9 Å². The zero-order valence-corrected chi connectivity index (χ0v) is 19.6. The quantitative estimate of drug-likeness (QED) is 0.567. The minimum atomic E-state index is -3.34. The van der Waals surface area contributed by atoms with Crippen molar-refractivity contribution in [1.82, 2.24) is 9.97 Å². The number of hydrogen-bond acceptors (Lipinski definition) is 8. The summed E-state index contributed by atoms with van der Waals surface area (Å²) in [5.41, 5.74) is 7.76. The van der Waals surface area contributed by atoms with Crippen molar-refractivity contribution in [2.75, 3.05) is 23.4 Å². The lowest BCUT2D eigenvalue weighted by atomic mass is 9.48. The molecule has 4 saturated carbocycles. The number of benzene rings is 1. The van der Waals surface area contributed by atoms with E-state index >= 15 is 0 Å². The molecule has 1 aromatic carbocycles. The summed E-state index contributed by atoms with van der Waals surface area (Å²) in [6.07, 6.45) is 8.75. The number of nitrogens with two attached hydrogens (primary N) is 1. The van der Waals surface area contributed by atoms with Crippen LogP contribution in [-0.2, 0) is 16.4 Å². The fourth-order valence-electron chi connectivity index (χ4n) is 6.59. The Morgan fingerprint density at radius 2 is 1.91 bits per heavy atom. The van der Waals surface area contributed by atoms with Gasteiger partial charge in [-0.1, -0.05) is 18.2 Å². The molecule has 4 fully saturated rings. The average Bonchev–Trinajstić information content (AvgIpc) is 2.79. The van der Waals surface area contributed by atoms with Gasteiger partial charge in [0.15, 0.2) is 9.84 Å². The van der Waals surface area contributed by atoms with Gasteiger partial charge in [0, 0.05) is 25.4 Å². The maximum absolute atomic E-state index is 12.1. The Balaban J connectivity index is 1.30. The van der Waals surface area contributed by atoms with Crippen molar-refractivity contribution < 1.29 is 8.42 Å². The highest BCUT2D eigenvalue weighted by atomic mass is 32.2. The molecule has 0 radical (unpaired) electrons. The van der Waals surface area contributed by atoms with E-state index in [1.807, 2.05) is 0 Å².